The van der Waals surface area contributed by atoms with Crippen LogP contribution in [0.4, 0.5) is 18.9 Å². The molecule has 33 heavy (non-hydrogen) atoms. The molecule has 3 rings (SSSR count). The van der Waals surface area contributed by atoms with Crippen LogP contribution >= 0.6 is 11.8 Å². The van der Waals surface area contributed by atoms with Gasteiger partial charge in [0.25, 0.3) is 0 Å². The van der Waals surface area contributed by atoms with E-state index in [0.717, 1.165) is 44.2 Å². The zero-order valence-corrected chi connectivity index (χ0v) is 19.2. The molecule has 0 aromatic heterocycles. The molecule has 0 bridgehead atoms. The van der Waals surface area contributed by atoms with Crippen LogP contribution in [0.25, 0.3) is 0 Å². The van der Waals surface area contributed by atoms with Gasteiger partial charge >= 0.3 is 12.1 Å². The van der Waals surface area contributed by atoms with Crippen molar-refractivity contribution in [1.82, 2.24) is 0 Å². The number of carboxylic acid groups (broad SMARTS) is 1. The molecule has 3 aromatic rings. The number of ether oxygens (including phenoxy) is 1. The molecule has 0 amide bonds. The predicted molar refractivity (Wildman–Crippen MR) is 123 cm³/mol. The topological polar surface area (TPSA) is 58.6 Å². The molecule has 0 saturated carbocycles. The number of hydrogen-bond donors (Lipinski definition) is 2. The van der Waals surface area contributed by atoms with Gasteiger partial charge in [-0.3, -0.25) is 0 Å². The van der Waals surface area contributed by atoms with Crippen LogP contribution < -0.4 is 10.1 Å². The fraction of sp³-hybridized carbons (Fsp3) is 0.240. The number of aliphatic carboxylic acids is 1. The summed E-state index contributed by atoms with van der Waals surface area (Å²) in [4.78, 5) is 12.9. The zero-order valence-electron chi connectivity index (χ0n) is 18.4. The van der Waals surface area contributed by atoms with E-state index in [-0.39, 0.29) is 6.61 Å². The van der Waals surface area contributed by atoms with E-state index in [1.807, 2.05) is 45.0 Å². The fourth-order valence-electron chi connectivity index (χ4n) is 3.21. The highest BCUT2D eigenvalue weighted by Gasteiger charge is 2.29. The first-order valence-corrected chi connectivity index (χ1v) is 11.0. The van der Waals surface area contributed by atoms with Crippen molar-refractivity contribution in [2.24, 2.45) is 0 Å². The number of hydrogen-bond acceptors (Lipinski definition) is 4. The highest BCUT2D eigenvalue weighted by molar-refractivity contribution is 7.99. The quantitative estimate of drug-likeness (QED) is 0.373. The first-order valence-electron chi connectivity index (χ1n) is 10.2. The third-order valence-electron chi connectivity index (χ3n) is 5.21. The molecule has 0 saturated heterocycles. The van der Waals surface area contributed by atoms with Gasteiger partial charge in [0.1, 0.15) is 5.75 Å². The Bertz CT molecular complexity index is 1140. The van der Waals surface area contributed by atoms with Gasteiger partial charge in [0, 0.05) is 22.0 Å². The summed E-state index contributed by atoms with van der Waals surface area (Å²) in [5, 5.41) is 12.0. The number of rotatable bonds is 8. The molecule has 3 aromatic carbocycles. The summed E-state index contributed by atoms with van der Waals surface area (Å²) in [7, 11) is 0. The number of nitrogens with one attached hydrogen (secondary N) is 1. The van der Waals surface area contributed by atoms with E-state index in [0.29, 0.717) is 18.0 Å². The van der Waals surface area contributed by atoms with Gasteiger partial charge in [-0.15, -0.1) is 0 Å². The summed E-state index contributed by atoms with van der Waals surface area (Å²) in [5.41, 5.74) is 3.97. The molecule has 0 atom stereocenters. The smallest absolute Gasteiger partial charge is 0.416 e. The molecule has 0 aliphatic rings. The molecule has 0 fully saturated rings. The van der Waals surface area contributed by atoms with E-state index in [2.05, 4.69) is 5.32 Å². The second kappa shape index (κ2) is 10.2. The van der Waals surface area contributed by atoms with Gasteiger partial charge in [-0.1, -0.05) is 23.9 Å². The summed E-state index contributed by atoms with van der Waals surface area (Å²) < 4.78 is 43.4. The Morgan fingerprint density at radius 3 is 2.24 bits per heavy atom. The summed E-state index contributed by atoms with van der Waals surface area (Å²) in [6.45, 7) is 6.00. The summed E-state index contributed by atoms with van der Waals surface area (Å²) in [5.74, 6) is -0.463. The van der Waals surface area contributed by atoms with Gasteiger partial charge in [0.05, 0.1) is 5.56 Å². The van der Waals surface area contributed by atoms with Crippen molar-refractivity contribution >= 4 is 23.4 Å². The standard InChI is InChI=1S/C25H24F3NO3S/c1-15-12-18(13-29-20-7-5-19(6-8-20)25(26,27)28)4-10-22(15)33-23-11-9-21(16(2)17(23)3)32-14-24(30)31/h4-12,29H,13-14H2,1-3H3,(H,30,31). The van der Waals surface area contributed by atoms with E-state index in [1.165, 1.54) is 12.1 Å². The van der Waals surface area contributed by atoms with Crippen molar-refractivity contribution in [2.45, 2.75) is 43.3 Å². The maximum atomic E-state index is 12.7. The molecule has 2 N–H and O–H groups in total. The van der Waals surface area contributed by atoms with Crippen molar-refractivity contribution in [3.05, 3.63) is 82.4 Å². The molecule has 0 radical (unpaired) electrons. The van der Waals surface area contributed by atoms with Crippen LogP contribution in [0.15, 0.2) is 64.4 Å². The van der Waals surface area contributed by atoms with Crippen molar-refractivity contribution in [3.8, 4) is 5.75 Å². The van der Waals surface area contributed by atoms with E-state index in [1.54, 1.807) is 17.8 Å². The van der Waals surface area contributed by atoms with E-state index in [4.69, 9.17) is 9.84 Å². The average Bonchev–Trinajstić information content (AvgIpc) is 2.76. The summed E-state index contributed by atoms with van der Waals surface area (Å²) >= 11 is 1.62. The lowest BCUT2D eigenvalue weighted by molar-refractivity contribution is -0.139. The molecule has 0 unspecified atom stereocenters. The van der Waals surface area contributed by atoms with Crippen LogP contribution in [0.3, 0.4) is 0 Å². The molecular weight excluding hydrogens is 451 g/mol. The second-order valence-corrected chi connectivity index (χ2v) is 8.71. The lowest BCUT2D eigenvalue weighted by Crippen LogP contribution is -2.10. The number of alkyl halides is 3. The van der Waals surface area contributed by atoms with Gasteiger partial charge in [0.2, 0.25) is 0 Å². The van der Waals surface area contributed by atoms with Crippen LogP contribution in [-0.4, -0.2) is 17.7 Å². The molecule has 4 nitrogen and oxygen atoms in total. The first kappa shape index (κ1) is 24.5. The predicted octanol–water partition coefficient (Wildman–Crippen LogP) is 6.86. The van der Waals surface area contributed by atoms with Crippen LogP contribution in [-0.2, 0) is 17.5 Å². The number of carbonyl (C=O) groups is 1. The van der Waals surface area contributed by atoms with Gasteiger partial charge in [-0.2, -0.15) is 13.2 Å². The Morgan fingerprint density at radius 2 is 1.64 bits per heavy atom. The van der Waals surface area contributed by atoms with Crippen LogP contribution in [0.1, 0.15) is 27.8 Å². The molecule has 8 heteroatoms. The van der Waals surface area contributed by atoms with Gasteiger partial charge < -0.3 is 15.2 Å². The minimum Gasteiger partial charge on any atom is -0.482 e. The minimum atomic E-state index is -4.34. The largest absolute Gasteiger partial charge is 0.482 e. The first-order chi connectivity index (χ1) is 15.5. The lowest BCUT2D eigenvalue weighted by atomic mass is 10.1. The number of anilines is 1. The molecule has 0 heterocycles. The SMILES string of the molecule is Cc1cc(CNc2ccc(C(F)(F)F)cc2)ccc1Sc1ccc(OCC(=O)O)c(C)c1C. The molecule has 174 valence electrons. The van der Waals surface area contributed by atoms with Gasteiger partial charge in [-0.05, 0) is 85.5 Å². The number of benzene rings is 3. The Hall–Kier alpha value is -3.13. The highest BCUT2D eigenvalue weighted by Crippen LogP contribution is 2.37. The Labute approximate surface area is 194 Å². The summed E-state index contributed by atoms with van der Waals surface area (Å²) in [6.07, 6.45) is -4.34. The Kier molecular flexibility index (Phi) is 7.58. The van der Waals surface area contributed by atoms with E-state index < -0.39 is 17.7 Å². The van der Waals surface area contributed by atoms with Gasteiger partial charge in [0.15, 0.2) is 6.61 Å². The molecule has 0 aliphatic carbocycles. The molecule has 0 spiro atoms. The monoisotopic (exact) mass is 475 g/mol. The van der Waals surface area contributed by atoms with Crippen molar-refractivity contribution < 1.29 is 27.8 Å². The van der Waals surface area contributed by atoms with Crippen molar-refractivity contribution in [3.63, 3.8) is 0 Å². The number of aryl methyl sites for hydroxylation is 1. The minimum absolute atomic E-state index is 0.381. The van der Waals surface area contributed by atoms with Crippen LogP contribution in [0.2, 0.25) is 0 Å². The highest BCUT2D eigenvalue weighted by atomic mass is 32.2. The molecular formula is C25H24F3NO3S. The van der Waals surface area contributed by atoms with Crippen molar-refractivity contribution in [1.29, 1.82) is 0 Å². The Balaban J connectivity index is 1.66. The van der Waals surface area contributed by atoms with E-state index >= 15 is 0 Å². The number of carboxylic acids is 1. The van der Waals surface area contributed by atoms with Crippen molar-refractivity contribution in [2.75, 3.05) is 11.9 Å². The van der Waals surface area contributed by atoms with Crippen LogP contribution in [0.5, 0.6) is 5.75 Å². The molecule has 0 aliphatic heterocycles. The van der Waals surface area contributed by atoms with Gasteiger partial charge in [-0.25, -0.2) is 4.79 Å². The lowest BCUT2D eigenvalue weighted by Gasteiger charge is -2.15. The maximum absolute atomic E-state index is 12.7. The fourth-order valence-corrected chi connectivity index (χ4v) is 4.25. The summed E-state index contributed by atoms with van der Waals surface area (Å²) in [6, 6.07) is 14.7. The normalized spacial score (nSPS) is 11.3. The third kappa shape index (κ3) is 6.44. The second-order valence-electron chi connectivity index (χ2n) is 7.62. The van der Waals surface area contributed by atoms with Crippen LogP contribution in [0, 0.1) is 20.8 Å². The third-order valence-corrected chi connectivity index (χ3v) is 6.55. The zero-order chi connectivity index (χ0) is 24.2. The number of halogens is 3. The average molecular weight is 476 g/mol. The Morgan fingerprint density at radius 1 is 0.970 bits per heavy atom. The van der Waals surface area contributed by atoms with E-state index in [9.17, 15) is 18.0 Å². The maximum Gasteiger partial charge on any atom is 0.416 e.